The van der Waals surface area contributed by atoms with Gasteiger partial charge in [0.1, 0.15) is 5.82 Å². The Kier molecular flexibility index (Phi) is 3.18. The maximum absolute atomic E-state index is 13.1. The van der Waals surface area contributed by atoms with Crippen LogP contribution in [0.3, 0.4) is 0 Å². The van der Waals surface area contributed by atoms with E-state index in [9.17, 15) is 4.39 Å². The van der Waals surface area contributed by atoms with Crippen molar-refractivity contribution in [1.29, 1.82) is 0 Å². The van der Waals surface area contributed by atoms with E-state index in [1.165, 1.54) is 12.1 Å². The highest BCUT2D eigenvalue weighted by molar-refractivity contribution is 7.22. The maximum atomic E-state index is 13.1. The summed E-state index contributed by atoms with van der Waals surface area (Å²) in [7, 11) is 0. The van der Waals surface area contributed by atoms with Crippen LogP contribution in [0.15, 0.2) is 18.2 Å². The maximum Gasteiger partial charge on any atom is 0.184 e. The molecule has 96 valence electrons. The minimum absolute atomic E-state index is 0.239. The van der Waals surface area contributed by atoms with Crippen LogP contribution in [-0.2, 0) is 4.74 Å². The molecule has 3 nitrogen and oxygen atoms in total. The molecule has 3 rings (SSSR count). The molecule has 0 bridgehead atoms. The van der Waals surface area contributed by atoms with Gasteiger partial charge in [0, 0.05) is 24.6 Å². The Balaban J connectivity index is 1.77. The fourth-order valence-corrected chi connectivity index (χ4v) is 3.16. The molecule has 1 aliphatic heterocycles. The summed E-state index contributed by atoms with van der Waals surface area (Å²) in [6.07, 6.45) is 1.09. The number of rotatable bonds is 3. The normalized spacial score (nSPS) is 21.3. The number of benzene rings is 1. The van der Waals surface area contributed by atoms with E-state index in [1.54, 1.807) is 17.4 Å². The molecule has 2 heterocycles. The molecule has 0 aliphatic carbocycles. The van der Waals surface area contributed by atoms with Crippen LogP contribution in [0.25, 0.3) is 10.2 Å². The molecule has 2 atom stereocenters. The third-order valence-corrected chi connectivity index (χ3v) is 4.34. The average molecular weight is 266 g/mol. The SMILES string of the molecule is CC(Nc1nc2cc(F)ccc2s1)C1CCOC1. The fourth-order valence-electron chi connectivity index (χ4n) is 2.22. The van der Waals surface area contributed by atoms with Crippen LogP contribution in [0.5, 0.6) is 0 Å². The molecule has 0 spiro atoms. The van der Waals surface area contributed by atoms with Crippen molar-refractivity contribution in [3.05, 3.63) is 24.0 Å². The monoisotopic (exact) mass is 266 g/mol. The van der Waals surface area contributed by atoms with Gasteiger partial charge in [-0.25, -0.2) is 9.37 Å². The lowest BCUT2D eigenvalue weighted by Gasteiger charge is -2.18. The van der Waals surface area contributed by atoms with E-state index in [0.29, 0.717) is 12.0 Å². The summed E-state index contributed by atoms with van der Waals surface area (Å²) in [6.45, 7) is 3.81. The second kappa shape index (κ2) is 4.82. The van der Waals surface area contributed by atoms with Gasteiger partial charge in [0.05, 0.1) is 16.8 Å². The van der Waals surface area contributed by atoms with Crippen molar-refractivity contribution >= 4 is 26.7 Å². The summed E-state index contributed by atoms with van der Waals surface area (Å²) in [5, 5.41) is 4.25. The first-order valence-corrected chi connectivity index (χ1v) is 6.94. The van der Waals surface area contributed by atoms with Crippen LogP contribution in [0.2, 0.25) is 0 Å². The van der Waals surface area contributed by atoms with Gasteiger partial charge in [0.15, 0.2) is 5.13 Å². The van der Waals surface area contributed by atoms with Crippen LogP contribution in [-0.4, -0.2) is 24.2 Å². The van der Waals surface area contributed by atoms with E-state index in [2.05, 4.69) is 17.2 Å². The lowest BCUT2D eigenvalue weighted by atomic mass is 10.0. The molecule has 0 saturated carbocycles. The topological polar surface area (TPSA) is 34.2 Å². The molecule has 1 aliphatic rings. The standard InChI is InChI=1S/C13H15FN2OS/c1-8(9-4-5-17-7-9)15-13-16-11-6-10(14)2-3-12(11)18-13/h2-3,6,8-9H,4-5,7H2,1H3,(H,15,16). The van der Waals surface area contributed by atoms with Crippen molar-refractivity contribution in [1.82, 2.24) is 4.98 Å². The lowest BCUT2D eigenvalue weighted by Crippen LogP contribution is -2.25. The van der Waals surface area contributed by atoms with E-state index in [-0.39, 0.29) is 5.82 Å². The summed E-state index contributed by atoms with van der Waals surface area (Å²) in [6, 6.07) is 5.05. The van der Waals surface area contributed by atoms with Gasteiger partial charge >= 0.3 is 0 Å². The third kappa shape index (κ3) is 2.33. The molecular weight excluding hydrogens is 251 g/mol. The number of nitrogens with one attached hydrogen (secondary N) is 1. The van der Waals surface area contributed by atoms with Gasteiger partial charge in [-0.05, 0) is 25.5 Å². The molecule has 18 heavy (non-hydrogen) atoms. The van der Waals surface area contributed by atoms with Gasteiger partial charge in [0.2, 0.25) is 0 Å². The number of halogens is 1. The minimum Gasteiger partial charge on any atom is -0.381 e. The molecule has 1 aromatic heterocycles. The number of hydrogen-bond donors (Lipinski definition) is 1. The van der Waals surface area contributed by atoms with Crippen LogP contribution < -0.4 is 5.32 Å². The van der Waals surface area contributed by atoms with Crippen molar-refractivity contribution in [2.24, 2.45) is 5.92 Å². The zero-order chi connectivity index (χ0) is 12.5. The molecule has 0 amide bonds. The van der Waals surface area contributed by atoms with Crippen LogP contribution >= 0.6 is 11.3 Å². The largest absolute Gasteiger partial charge is 0.381 e. The van der Waals surface area contributed by atoms with Gasteiger partial charge < -0.3 is 10.1 Å². The summed E-state index contributed by atoms with van der Waals surface area (Å²) >= 11 is 1.56. The summed E-state index contributed by atoms with van der Waals surface area (Å²) in [4.78, 5) is 4.41. The highest BCUT2D eigenvalue weighted by Gasteiger charge is 2.22. The van der Waals surface area contributed by atoms with Crippen LogP contribution in [0.4, 0.5) is 9.52 Å². The Labute approximate surface area is 109 Å². The molecule has 1 aromatic carbocycles. The molecule has 1 N–H and O–H groups in total. The van der Waals surface area contributed by atoms with Gasteiger partial charge in [-0.2, -0.15) is 0 Å². The van der Waals surface area contributed by atoms with Crippen molar-refractivity contribution in [2.75, 3.05) is 18.5 Å². The Morgan fingerprint density at radius 2 is 2.44 bits per heavy atom. The third-order valence-electron chi connectivity index (χ3n) is 3.37. The molecule has 2 aromatic rings. The smallest absolute Gasteiger partial charge is 0.184 e. The second-order valence-electron chi connectivity index (χ2n) is 4.69. The van der Waals surface area contributed by atoms with Gasteiger partial charge in [-0.3, -0.25) is 0 Å². The van der Waals surface area contributed by atoms with Gasteiger partial charge in [-0.1, -0.05) is 11.3 Å². The Morgan fingerprint density at radius 3 is 3.22 bits per heavy atom. The molecule has 1 saturated heterocycles. The molecule has 5 heteroatoms. The predicted molar refractivity (Wildman–Crippen MR) is 71.6 cm³/mol. The molecule has 2 unspecified atom stereocenters. The summed E-state index contributed by atoms with van der Waals surface area (Å²) in [5.41, 5.74) is 0.720. The van der Waals surface area contributed by atoms with Gasteiger partial charge in [-0.15, -0.1) is 0 Å². The Morgan fingerprint density at radius 1 is 1.56 bits per heavy atom. The average Bonchev–Trinajstić information content (AvgIpc) is 2.95. The van der Waals surface area contributed by atoms with Crippen molar-refractivity contribution in [3.63, 3.8) is 0 Å². The first kappa shape index (κ1) is 11.9. The van der Waals surface area contributed by atoms with Gasteiger partial charge in [0.25, 0.3) is 0 Å². The molecule has 0 radical (unpaired) electrons. The van der Waals surface area contributed by atoms with Crippen LogP contribution in [0.1, 0.15) is 13.3 Å². The van der Waals surface area contributed by atoms with Crippen molar-refractivity contribution < 1.29 is 9.13 Å². The highest BCUT2D eigenvalue weighted by atomic mass is 32.1. The fraction of sp³-hybridized carbons (Fsp3) is 0.462. The number of ether oxygens (including phenoxy) is 1. The van der Waals surface area contributed by atoms with E-state index in [1.807, 2.05) is 0 Å². The quantitative estimate of drug-likeness (QED) is 0.925. The first-order valence-electron chi connectivity index (χ1n) is 6.13. The predicted octanol–water partition coefficient (Wildman–Crippen LogP) is 3.27. The lowest BCUT2D eigenvalue weighted by molar-refractivity contribution is 0.183. The second-order valence-corrected chi connectivity index (χ2v) is 5.72. The van der Waals surface area contributed by atoms with E-state index >= 15 is 0 Å². The van der Waals surface area contributed by atoms with Crippen LogP contribution in [0, 0.1) is 11.7 Å². The Bertz CT molecular complexity index is 551. The van der Waals surface area contributed by atoms with E-state index < -0.39 is 0 Å². The van der Waals surface area contributed by atoms with Crippen molar-refractivity contribution in [2.45, 2.75) is 19.4 Å². The zero-order valence-electron chi connectivity index (χ0n) is 10.1. The molecule has 1 fully saturated rings. The number of fused-ring (bicyclic) bond motifs is 1. The van der Waals surface area contributed by atoms with E-state index in [4.69, 9.17) is 4.74 Å². The first-order chi connectivity index (χ1) is 8.72. The number of anilines is 1. The summed E-state index contributed by atoms with van der Waals surface area (Å²) in [5.74, 6) is 0.297. The van der Waals surface area contributed by atoms with E-state index in [0.717, 1.165) is 35.0 Å². The highest BCUT2D eigenvalue weighted by Crippen LogP contribution is 2.28. The molecular formula is C13H15FN2OS. The number of nitrogens with zero attached hydrogens (tertiary/aromatic N) is 1. The zero-order valence-corrected chi connectivity index (χ0v) is 11.0. The van der Waals surface area contributed by atoms with Crippen molar-refractivity contribution in [3.8, 4) is 0 Å². The summed E-state index contributed by atoms with van der Waals surface area (Å²) < 4.78 is 19.5. The number of hydrogen-bond acceptors (Lipinski definition) is 4. The number of thiazole rings is 1. The Hall–Kier alpha value is -1.20. The number of aromatic nitrogens is 1. The minimum atomic E-state index is -0.239.